The molecule has 0 spiro atoms. The van der Waals surface area contributed by atoms with Crippen molar-refractivity contribution in [2.24, 2.45) is 16.9 Å². The summed E-state index contributed by atoms with van der Waals surface area (Å²) in [6, 6.07) is 11.3. The number of nitroso groups, excluding NO2 is 1. The molecule has 3 atom stereocenters. The molecule has 2 aliphatic heterocycles. The quantitative estimate of drug-likeness (QED) is 0.224. The molecular formula is C22H26ClN7O4S. The van der Waals surface area contributed by atoms with E-state index in [1.807, 2.05) is 18.2 Å². The maximum atomic E-state index is 13.5. The van der Waals surface area contributed by atoms with Gasteiger partial charge in [0.2, 0.25) is 6.29 Å². The third-order valence-corrected chi connectivity index (χ3v) is 7.04. The maximum absolute atomic E-state index is 13.5. The molecule has 4 amide bonds. The number of carbonyl (C=O) groups excluding carboxylic acids is 2. The number of carbonyl (C=O) groups is 2. The molecule has 4 rings (SSSR count). The zero-order valence-corrected chi connectivity index (χ0v) is 20.5. The van der Waals surface area contributed by atoms with Gasteiger partial charge in [0.05, 0.1) is 18.5 Å². The highest BCUT2D eigenvalue weighted by molar-refractivity contribution is 8.00. The molecule has 11 nitrogen and oxygen atoms in total. The van der Waals surface area contributed by atoms with Crippen molar-refractivity contribution >= 4 is 46.8 Å². The van der Waals surface area contributed by atoms with Gasteiger partial charge in [0.25, 0.3) is 0 Å². The molecule has 0 radical (unpaired) electrons. The molecule has 35 heavy (non-hydrogen) atoms. The number of halogens is 1. The number of urea groups is 2. The van der Waals surface area contributed by atoms with Crippen molar-refractivity contribution in [2.75, 3.05) is 30.3 Å². The molecule has 2 aromatic carbocycles. The second kappa shape index (κ2) is 10.7. The highest BCUT2D eigenvalue weighted by Gasteiger charge is 2.44. The van der Waals surface area contributed by atoms with Gasteiger partial charge in [0.15, 0.2) is 0 Å². The number of thioether (sulfide) groups is 1. The summed E-state index contributed by atoms with van der Waals surface area (Å²) >= 11 is 7.67. The van der Waals surface area contributed by atoms with Crippen LogP contribution in [0.2, 0.25) is 5.02 Å². The number of nitrogens with two attached hydrogens (primary N) is 1. The van der Waals surface area contributed by atoms with Gasteiger partial charge < -0.3 is 15.7 Å². The fraction of sp³-hybridized carbons (Fsp3) is 0.364. The number of hydrogen-bond acceptors (Lipinski definition) is 9. The van der Waals surface area contributed by atoms with Crippen molar-refractivity contribution < 1.29 is 14.7 Å². The summed E-state index contributed by atoms with van der Waals surface area (Å²) in [6.45, 7) is 1.33. The van der Waals surface area contributed by atoms with Gasteiger partial charge in [-0.1, -0.05) is 40.7 Å². The number of imide groups is 1. The first-order valence-electron chi connectivity index (χ1n) is 10.9. The minimum absolute atomic E-state index is 0.124. The van der Waals surface area contributed by atoms with Gasteiger partial charge in [-0.05, 0) is 42.8 Å². The molecule has 13 heteroatoms. The molecule has 3 unspecified atom stereocenters. The molecule has 2 heterocycles. The minimum atomic E-state index is -0.992. The normalized spacial score (nSPS) is 20.5. The molecule has 186 valence electrons. The number of benzene rings is 2. The van der Waals surface area contributed by atoms with Crippen LogP contribution in [0, 0.1) is 10.8 Å². The third-order valence-electron chi connectivity index (χ3n) is 5.72. The summed E-state index contributed by atoms with van der Waals surface area (Å²) < 4.78 is 0. The Morgan fingerprint density at radius 1 is 1.23 bits per heavy atom. The van der Waals surface area contributed by atoms with Crippen LogP contribution in [-0.4, -0.2) is 63.3 Å². The number of hydrogen-bond donors (Lipinski definition) is 4. The average molecular weight is 520 g/mol. The number of nitrogens with one attached hydrogen (secondary N) is 2. The van der Waals surface area contributed by atoms with E-state index in [-0.39, 0.29) is 25.0 Å². The topological polar surface area (TPSA) is 144 Å². The van der Waals surface area contributed by atoms with Gasteiger partial charge in [-0.2, -0.15) is 4.91 Å². The Bertz CT molecular complexity index is 1110. The first kappa shape index (κ1) is 25.0. The van der Waals surface area contributed by atoms with Crippen molar-refractivity contribution in [3.05, 3.63) is 58.0 Å². The van der Waals surface area contributed by atoms with Crippen LogP contribution in [0.15, 0.2) is 52.5 Å². The van der Waals surface area contributed by atoms with Crippen LogP contribution in [0.25, 0.3) is 0 Å². The summed E-state index contributed by atoms with van der Waals surface area (Å²) in [4.78, 5) is 40.7. The second-order valence-electron chi connectivity index (χ2n) is 8.33. The molecule has 0 aliphatic carbocycles. The number of hydrazine groups is 1. The predicted octanol–water partition coefficient (Wildman–Crippen LogP) is 3.51. The number of anilines is 2. The molecule has 2 aliphatic rings. The van der Waals surface area contributed by atoms with Crippen molar-refractivity contribution in [1.29, 1.82) is 0 Å². The Balaban J connectivity index is 1.63. The Kier molecular flexibility index (Phi) is 7.65. The highest BCUT2D eigenvalue weighted by atomic mass is 35.5. The van der Waals surface area contributed by atoms with E-state index in [1.54, 1.807) is 36.0 Å². The average Bonchev–Trinajstić information content (AvgIpc) is 3.22. The molecular weight excluding hydrogens is 494 g/mol. The lowest BCUT2D eigenvalue weighted by molar-refractivity contribution is 0.0319. The number of aliphatic hydroxyl groups is 1. The number of fused-ring (bicyclic) bond motifs is 1. The SMILES string of the molecule is CC1Nc2ccc(NC3N(N)C(=O)N(CC(CO)CN=O)C(=O)N3Cc3ccc(Cl)cc3)cc2S1. The van der Waals surface area contributed by atoms with Gasteiger partial charge in [-0.3, -0.25) is 4.90 Å². The van der Waals surface area contributed by atoms with E-state index < -0.39 is 30.9 Å². The summed E-state index contributed by atoms with van der Waals surface area (Å²) in [5.74, 6) is 5.52. The first-order chi connectivity index (χ1) is 16.8. The van der Waals surface area contributed by atoms with E-state index >= 15 is 0 Å². The van der Waals surface area contributed by atoms with Crippen molar-refractivity contribution in [3.8, 4) is 0 Å². The zero-order valence-electron chi connectivity index (χ0n) is 18.9. The lowest BCUT2D eigenvalue weighted by Gasteiger charge is -2.46. The molecule has 0 saturated carbocycles. The lowest BCUT2D eigenvalue weighted by atomic mass is 10.1. The number of nitrogens with zero attached hydrogens (tertiary/aromatic N) is 4. The van der Waals surface area contributed by atoms with E-state index in [0.29, 0.717) is 10.7 Å². The van der Waals surface area contributed by atoms with Crippen LogP contribution < -0.4 is 16.5 Å². The Morgan fingerprint density at radius 2 is 1.97 bits per heavy atom. The predicted molar refractivity (Wildman–Crippen MR) is 135 cm³/mol. The molecule has 1 fully saturated rings. The smallest absolute Gasteiger partial charge is 0.345 e. The minimum Gasteiger partial charge on any atom is -0.396 e. The standard InChI is InChI=1S/C22H26ClN7O4S/c1-13-26-18-7-6-17(8-19(18)35-13)27-20-28(10-14-2-4-16(23)5-3-14)21(32)29(22(33)30(20)24)11-15(12-31)9-25-34/h2-8,13,15,20,26-27,31H,9-12,24H2,1H3. The highest BCUT2D eigenvalue weighted by Crippen LogP contribution is 2.40. The third kappa shape index (κ3) is 5.45. The molecule has 1 saturated heterocycles. The van der Waals surface area contributed by atoms with Crippen molar-refractivity contribution in [2.45, 2.75) is 30.0 Å². The van der Waals surface area contributed by atoms with Crippen LogP contribution >= 0.6 is 23.4 Å². The summed E-state index contributed by atoms with van der Waals surface area (Å²) in [7, 11) is 0. The largest absolute Gasteiger partial charge is 0.396 e. The van der Waals surface area contributed by atoms with E-state index in [1.165, 1.54) is 4.90 Å². The van der Waals surface area contributed by atoms with Crippen LogP contribution in [0.4, 0.5) is 21.0 Å². The van der Waals surface area contributed by atoms with Gasteiger partial charge in [-0.15, -0.1) is 0 Å². The fourth-order valence-corrected chi connectivity index (χ4v) is 5.08. The number of aliphatic hydroxyl groups excluding tert-OH is 1. The molecule has 5 N–H and O–H groups in total. The van der Waals surface area contributed by atoms with Crippen LogP contribution in [0.1, 0.15) is 12.5 Å². The van der Waals surface area contributed by atoms with Crippen LogP contribution in [0.5, 0.6) is 0 Å². The summed E-state index contributed by atoms with van der Waals surface area (Å²) in [5.41, 5.74) is 2.46. The van der Waals surface area contributed by atoms with Gasteiger partial charge in [0, 0.05) is 40.4 Å². The van der Waals surface area contributed by atoms with E-state index in [0.717, 1.165) is 26.1 Å². The maximum Gasteiger partial charge on any atom is 0.345 e. The van der Waals surface area contributed by atoms with Gasteiger partial charge >= 0.3 is 12.1 Å². The molecule has 2 aromatic rings. The van der Waals surface area contributed by atoms with E-state index in [9.17, 15) is 19.6 Å². The molecule has 0 bridgehead atoms. The number of amides is 4. The van der Waals surface area contributed by atoms with Crippen LogP contribution in [-0.2, 0) is 6.54 Å². The van der Waals surface area contributed by atoms with Gasteiger partial charge in [0.1, 0.15) is 0 Å². The van der Waals surface area contributed by atoms with Crippen LogP contribution in [0.3, 0.4) is 0 Å². The Labute approximate surface area is 211 Å². The van der Waals surface area contributed by atoms with E-state index in [2.05, 4.69) is 22.7 Å². The zero-order chi connectivity index (χ0) is 25.1. The fourth-order valence-electron chi connectivity index (χ4n) is 3.93. The Morgan fingerprint density at radius 3 is 2.66 bits per heavy atom. The van der Waals surface area contributed by atoms with Crippen molar-refractivity contribution in [3.63, 3.8) is 0 Å². The van der Waals surface area contributed by atoms with Crippen molar-refractivity contribution in [1.82, 2.24) is 14.8 Å². The first-order valence-corrected chi connectivity index (χ1v) is 12.2. The lowest BCUT2D eigenvalue weighted by Crippen LogP contribution is -2.70. The second-order valence-corrected chi connectivity index (χ2v) is 10.2. The van der Waals surface area contributed by atoms with E-state index in [4.69, 9.17) is 17.4 Å². The Hall–Kier alpha value is -3.06. The summed E-state index contributed by atoms with van der Waals surface area (Å²) in [5, 5.41) is 20.6. The molecule has 0 aromatic heterocycles. The van der Waals surface area contributed by atoms with Gasteiger partial charge in [-0.25, -0.2) is 25.3 Å². The summed E-state index contributed by atoms with van der Waals surface area (Å²) in [6.07, 6.45) is -0.992. The monoisotopic (exact) mass is 519 g/mol. The number of rotatable bonds is 9.